The van der Waals surface area contributed by atoms with E-state index in [2.05, 4.69) is 46.3 Å². The molecule has 0 radical (unpaired) electrons. The van der Waals surface area contributed by atoms with Crippen LogP contribution in [0.5, 0.6) is 0 Å². The monoisotopic (exact) mass is 215 g/mol. The predicted octanol–water partition coefficient (Wildman–Crippen LogP) is 2.13. The quantitative estimate of drug-likeness (QED) is 0.789. The van der Waals surface area contributed by atoms with E-state index in [1.54, 1.807) is 0 Å². The number of hydrogen-bond donors (Lipinski definition) is 1. The van der Waals surface area contributed by atoms with Crippen molar-refractivity contribution in [3.8, 4) is 0 Å². The average molecular weight is 215 g/mol. The standard InChI is InChI=1S/C13H17N3/c1-13(6-8-14-9-7-13)16-12-5-3-2-4-11(12)10-15-16/h2-5,10,14H,6-9H2,1H3. The Morgan fingerprint density at radius 1 is 1.25 bits per heavy atom. The molecule has 1 N–H and O–H groups in total. The van der Waals surface area contributed by atoms with Gasteiger partial charge >= 0.3 is 0 Å². The summed E-state index contributed by atoms with van der Waals surface area (Å²) in [4.78, 5) is 0. The first kappa shape index (κ1) is 9.85. The second kappa shape index (κ2) is 3.59. The lowest BCUT2D eigenvalue weighted by Crippen LogP contribution is -2.42. The summed E-state index contributed by atoms with van der Waals surface area (Å²) in [5.41, 5.74) is 1.43. The van der Waals surface area contributed by atoms with Gasteiger partial charge in [0, 0.05) is 5.39 Å². The third-order valence-corrected chi connectivity index (χ3v) is 3.67. The molecule has 3 heteroatoms. The van der Waals surface area contributed by atoms with Gasteiger partial charge in [-0.2, -0.15) is 5.10 Å². The summed E-state index contributed by atoms with van der Waals surface area (Å²) < 4.78 is 2.21. The molecule has 2 heterocycles. The lowest BCUT2D eigenvalue weighted by atomic mass is 9.90. The number of rotatable bonds is 1. The summed E-state index contributed by atoms with van der Waals surface area (Å²) in [5, 5.41) is 9.23. The minimum absolute atomic E-state index is 0.175. The maximum absolute atomic E-state index is 4.58. The molecule has 0 atom stereocenters. The maximum atomic E-state index is 4.58. The molecule has 0 unspecified atom stereocenters. The van der Waals surface area contributed by atoms with Crippen LogP contribution in [0.2, 0.25) is 0 Å². The first-order chi connectivity index (χ1) is 7.80. The van der Waals surface area contributed by atoms with Crippen LogP contribution in [-0.4, -0.2) is 22.9 Å². The number of hydrogen-bond acceptors (Lipinski definition) is 2. The van der Waals surface area contributed by atoms with Crippen LogP contribution in [0, 0.1) is 0 Å². The molecule has 0 bridgehead atoms. The SMILES string of the molecule is CC1(n2ncc3ccccc32)CCNCC1. The number of aromatic nitrogens is 2. The number of benzene rings is 1. The van der Waals surface area contributed by atoms with Crippen LogP contribution in [-0.2, 0) is 5.54 Å². The zero-order chi connectivity index (χ0) is 11.0. The van der Waals surface area contributed by atoms with Gasteiger partial charge in [0.05, 0.1) is 17.3 Å². The Morgan fingerprint density at radius 3 is 2.81 bits per heavy atom. The number of nitrogens with one attached hydrogen (secondary N) is 1. The molecule has 16 heavy (non-hydrogen) atoms. The van der Waals surface area contributed by atoms with Crippen LogP contribution < -0.4 is 5.32 Å². The van der Waals surface area contributed by atoms with Crippen molar-refractivity contribution in [1.29, 1.82) is 0 Å². The molecule has 1 fully saturated rings. The van der Waals surface area contributed by atoms with Crippen LogP contribution in [0.25, 0.3) is 10.9 Å². The minimum atomic E-state index is 0.175. The summed E-state index contributed by atoms with van der Waals surface area (Å²) in [6, 6.07) is 8.45. The number of piperidine rings is 1. The lowest BCUT2D eigenvalue weighted by Gasteiger charge is -2.35. The van der Waals surface area contributed by atoms with Crippen LogP contribution in [0.15, 0.2) is 30.5 Å². The maximum Gasteiger partial charge on any atom is 0.0688 e. The minimum Gasteiger partial charge on any atom is -0.317 e. The second-order valence-electron chi connectivity index (χ2n) is 4.86. The Bertz CT molecular complexity index is 495. The van der Waals surface area contributed by atoms with Crippen molar-refractivity contribution in [1.82, 2.24) is 15.1 Å². The highest BCUT2D eigenvalue weighted by Crippen LogP contribution is 2.29. The van der Waals surface area contributed by atoms with Gasteiger partial charge in [0.25, 0.3) is 0 Å². The molecule has 1 aromatic heterocycles. The average Bonchev–Trinajstić information content (AvgIpc) is 2.74. The highest BCUT2D eigenvalue weighted by Gasteiger charge is 2.30. The second-order valence-corrected chi connectivity index (χ2v) is 4.86. The third-order valence-electron chi connectivity index (χ3n) is 3.67. The molecule has 1 aromatic carbocycles. The van der Waals surface area contributed by atoms with Crippen molar-refractivity contribution in [2.45, 2.75) is 25.3 Å². The molecule has 1 aliphatic heterocycles. The van der Waals surface area contributed by atoms with Crippen molar-refractivity contribution in [3.05, 3.63) is 30.5 Å². The van der Waals surface area contributed by atoms with Crippen molar-refractivity contribution in [2.24, 2.45) is 0 Å². The summed E-state index contributed by atoms with van der Waals surface area (Å²) in [5.74, 6) is 0. The van der Waals surface area contributed by atoms with Gasteiger partial charge in [0.2, 0.25) is 0 Å². The molecule has 0 saturated carbocycles. The third kappa shape index (κ3) is 1.43. The number of nitrogens with zero attached hydrogens (tertiary/aromatic N) is 2. The Morgan fingerprint density at radius 2 is 2.00 bits per heavy atom. The van der Waals surface area contributed by atoms with Crippen molar-refractivity contribution in [2.75, 3.05) is 13.1 Å². The van der Waals surface area contributed by atoms with Gasteiger partial charge in [0.15, 0.2) is 0 Å². The van der Waals surface area contributed by atoms with Gasteiger partial charge in [-0.3, -0.25) is 4.68 Å². The number of para-hydroxylation sites is 1. The Balaban J connectivity index is 2.11. The van der Waals surface area contributed by atoms with Crippen molar-refractivity contribution >= 4 is 10.9 Å². The Hall–Kier alpha value is -1.35. The molecule has 0 spiro atoms. The van der Waals surface area contributed by atoms with E-state index in [9.17, 15) is 0 Å². The zero-order valence-electron chi connectivity index (χ0n) is 9.61. The van der Waals surface area contributed by atoms with Crippen LogP contribution >= 0.6 is 0 Å². The van der Waals surface area contributed by atoms with Gasteiger partial charge in [0.1, 0.15) is 0 Å². The highest BCUT2D eigenvalue weighted by molar-refractivity contribution is 5.78. The number of fused-ring (bicyclic) bond motifs is 1. The van der Waals surface area contributed by atoms with Gasteiger partial charge < -0.3 is 5.32 Å². The fourth-order valence-corrected chi connectivity index (χ4v) is 2.58. The topological polar surface area (TPSA) is 29.9 Å². The van der Waals surface area contributed by atoms with E-state index >= 15 is 0 Å². The van der Waals surface area contributed by atoms with Crippen LogP contribution in [0.3, 0.4) is 0 Å². The van der Waals surface area contributed by atoms with E-state index in [0.29, 0.717) is 0 Å². The van der Waals surface area contributed by atoms with E-state index in [4.69, 9.17) is 0 Å². The molecular weight excluding hydrogens is 198 g/mol. The molecule has 84 valence electrons. The smallest absolute Gasteiger partial charge is 0.0688 e. The summed E-state index contributed by atoms with van der Waals surface area (Å²) in [6.07, 6.45) is 4.28. The van der Waals surface area contributed by atoms with Gasteiger partial charge in [-0.25, -0.2) is 0 Å². The summed E-state index contributed by atoms with van der Waals surface area (Å²) in [6.45, 7) is 4.49. The van der Waals surface area contributed by atoms with Gasteiger partial charge in [-0.15, -0.1) is 0 Å². The van der Waals surface area contributed by atoms with E-state index in [-0.39, 0.29) is 5.54 Å². The zero-order valence-corrected chi connectivity index (χ0v) is 9.61. The van der Waals surface area contributed by atoms with Crippen LogP contribution in [0.4, 0.5) is 0 Å². The van der Waals surface area contributed by atoms with E-state index < -0.39 is 0 Å². The van der Waals surface area contributed by atoms with Gasteiger partial charge in [-0.05, 0) is 38.9 Å². The normalized spacial score (nSPS) is 20.1. The van der Waals surface area contributed by atoms with Crippen LogP contribution in [0.1, 0.15) is 19.8 Å². The molecule has 2 aromatic rings. The van der Waals surface area contributed by atoms with E-state index in [1.807, 2.05) is 6.20 Å². The van der Waals surface area contributed by atoms with E-state index in [1.165, 1.54) is 10.9 Å². The fraction of sp³-hybridized carbons (Fsp3) is 0.462. The largest absolute Gasteiger partial charge is 0.317 e. The molecule has 1 saturated heterocycles. The summed E-state index contributed by atoms with van der Waals surface area (Å²) >= 11 is 0. The van der Waals surface area contributed by atoms with Crippen molar-refractivity contribution < 1.29 is 0 Å². The first-order valence-corrected chi connectivity index (χ1v) is 5.94. The van der Waals surface area contributed by atoms with Crippen molar-refractivity contribution in [3.63, 3.8) is 0 Å². The molecule has 1 aliphatic rings. The fourth-order valence-electron chi connectivity index (χ4n) is 2.58. The molecule has 3 nitrogen and oxygen atoms in total. The predicted molar refractivity (Wildman–Crippen MR) is 65.5 cm³/mol. The molecular formula is C13H17N3. The molecule has 0 amide bonds. The molecule has 3 rings (SSSR count). The summed E-state index contributed by atoms with van der Waals surface area (Å²) in [7, 11) is 0. The lowest BCUT2D eigenvalue weighted by molar-refractivity contribution is 0.217. The first-order valence-electron chi connectivity index (χ1n) is 5.94. The van der Waals surface area contributed by atoms with Gasteiger partial charge in [-0.1, -0.05) is 18.2 Å². The Kier molecular flexibility index (Phi) is 2.21. The highest BCUT2D eigenvalue weighted by atomic mass is 15.3. The Labute approximate surface area is 95.5 Å². The molecule has 0 aliphatic carbocycles. The van der Waals surface area contributed by atoms with E-state index in [0.717, 1.165) is 25.9 Å².